The van der Waals surface area contributed by atoms with E-state index in [9.17, 15) is 14.5 Å². The predicted molar refractivity (Wildman–Crippen MR) is 88.7 cm³/mol. The Morgan fingerprint density at radius 2 is 2.12 bits per heavy atom. The molecule has 24 heavy (non-hydrogen) atoms. The number of benzene rings is 2. The van der Waals surface area contributed by atoms with E-state index in [1.165, 1.54) is 17.7 Å². The van der Waals surface area contributed by atoms with E-state index in [1.54, 1.807) is 24.3 Å². The number of nitro groups is 1. The number of ether oxygens (including phenoxy) is 1. The number of hydrogen-bond donors (Lipinski definition) is 0. The van der Waals surface area contributed by atoms with Gasteiger partial charge in [0.25, 0.3) is 0 Å². The molecule has 0 radical (unpaired) electrons. The fourth-order valence-corrected chi connectivity index (χ4v) is 3.15. The minimum Gasteiger partial charge on any atom is -0.485 e. The molecule has 6 heteroatoms. The number of fused-ring (bicyclic) bond motifs is 1. The molecule has 1 aliphatic rings. The van der Waals surface area contributed by atoms with Crippen molar-refractivity contribution < 1.29 is 14.1 Å². The quantitative estimate of drug-likeness (QED) is 0.619. The maximum absolute atomic E-state index is 13.5. The van der Waals surface area contributed by atoms with Crippen molar-refractivity contribution in [2.24, 2.45) is 0 Å². The highest BCUT2D eigenvalue weighted by Gasteiger charge is 2.24. The molecule has 0 amide bonds. The van der Waals surface area contributed by atoms with Crippen molar-refractivity contribution in [1.29, 1.82) is 0 Å². The summed E-state index contributed by atoms with van der Waals surface area (Å²) in [7, 11) is 0. The van der Waals surface area contributed by atoms with Gasteiger partial charge in [-0.25, -0.2) is 4.39 Å². The first-order valence-corrected chi connectivity index (χ1v) is 7.95. The number of nitro benzene ring substituents is 1. The fourth-order valence-electron chi connectivity index (χ4n) is 3.15. The zero-order valence-electron chi connectivity index (χ0n) is 13.4. The van der Waals surface area contributed by atoms with Gasteiger partial charge in [-0.1, -0.05) is 18.2 Å². The summed E-state index contributed by atoms with van der Waals surface area (Å²) in [5.41, 5.74) is 2.16. The largest absolute Gasteiger partial charge is 0.485 e. The van der Waals surface area contributed by atoms with Crippen LogP contribution in [0, 0.1) is 15.9 Å². The highest BCUT2D eigenvalue weighted by Crippen LogP contribution is 2.30. The van der Waals surface area contributed by atoms with E-state index in [0.29, 0.717) is 13.2 Å². The summed E-state index contributed by atoms with van der Waals surface area (Å²) in [6, 6.07) is 11.4. The van der Waals surface area contributed by atoms with Crippen molar-refractivity contribution in [3.8, 4) is 5.75 Å². The summed E-state index contributed by atoms with van der Waals surface area (Å²) in [4.78, 5) is 12.7. The zero-order chi connectivity index (χ0) is 17.1. The van der Waals surface area contributed by atoms with E-state index < -0.39 is 4.92 Å². The van der Waals surface area contributed by atoms with Gasteiger partial charge in [-0.3, -0.25) is 15.0 Å². The van der Waals surface area contributed by atoms with Crippen LogP contribution in [0.4, 0.5) is 10.1 Å². The molecule has 1 atom stereocenters. The smallest absolute Gasteiger partial charge is 0.310 e. The SMILES string of the molecule is CC1c2cc(F)ccc2CCN1CCOc1ccccc1[N+](=O)[O-]. The molecule has 3 rings (SSSR count). The lowest BCUT2D eigenvalue weighted by Gasteiger charge is -2.35. The molecule has 5 nitrogen and oxygen atoms in total. The third-order valence-electron chi connectivity index (χ3n) is 4.47. The second kappa shape index (κ2) is 6.97. The molecule has 0 aliphatic carbocycles. The lowest BCUT2D eigenvalue weighted by atomic mass is 9.93. The number of halogens is 1. The molecular formula is C18H19FN2O3. The molecular weight excluding hydrogens is 311 g/mol. The summed E-state index contributed by atoms with van der Waals surface area (Å²) in [6.45, 7) is 3.88. The van der Waals surface area contributed by atoms with Crippen molar-refractivity contribution in [2.45, 2.75) is 19.4 Å². The predicted octanol–water partition coefficient (Wildman–Crippen LogP) is 3.73. The second-order valence-electron chi connectivity index (χ2n) is 5.88. The molecule has 0 aromatic heterocycles. The average Bonchev–Trinajstić information content (AvgIpc) is 2.57. The normalized spacial score (nSPS) is 17.3. The molecule has 0 saturated heterocycles. The monoisotopic (exact) mass is 330 g/mol. The highest BCUT2D eigenvalue weighted by molar-refractivity contribution is 5.45. The molecule has 1 heterocycles. The van der Waals surface area contributed by atoms with Crippen LogP contribution in [0.15, 0.2) is 42.5 Å². The molecule has 2 aromatic rings. The van der Waals surface area contributed by atoms with Crippen LogP contribution in [0.25, 0.3) is 0 Å². The molecule has 0 fully saturated rings. The lowest BCUT2D eigenvalue weighted by Crippen LogP contribution is -2.36. The van der Waals surface area contributed by atoms with Crippen LogP contribution in [0.1, 0.15) is 24.1 Å². The fraction of sp³-hybridized carbons (Fsp3) is 0.333. The number of para-hydroxylation sites is 2. The van der Waals surface area contributed by atoms with Gasteiger partial charge in [-0.15, -0.1) is 0 Å². The first kappa shape index (κ1) is 16.4. The molecule has 1 unspecified atom stereocenters. The van der Waals surface area contributed by atoms with Gasteiger partial charge in [0, 0.05) is 25.2 Å². The second-order valence-corrected chi connectivity index (χ2v) is 5.88. The Hall–Kier alpha value is -2.47. The highest BCUT2D eigenvalue weighted by atomic mass is 19.1. The van der Waals surface area contributed by atoms with Crippen LogP contribution in [0.3, 0.4) is 0 Å². The van der Waals surface area contributed by atoms with Crippen molar-refractivity contribution in [2.75, 3.05) is 19.7 Å². The van der Waals surface area contributed by atoms with Gasteiger partial charge in [-0.2, -0.15) is 0 Å². The van der Waals surface area contributed by atoms with Crippen LogP contribution in [0.2, 0.25) is 0 Å². The van der Waals surface area contributed by atoms with Crippen LogP contribution >= 0.6 is 0 Å². The molecule has 0 saturated carbocycles. The van der Waals surface area contributed by atoms with Crippen molar-refractivity contribution in [3.05, 3.63) is 69.5 Å². The van der Waals surface area contributed by atoms with E-state index in [4.69, 9.17) is 4.74 Å². The Kier molecular flexibility index (Phi) is 4.76. The minimum atomic E-state index is -0.447. The molecule has 0 bridgehead atoms. The molecule has 1 aliphatic heterocycles. The van der Waals surface area contributed by atoms with Crippen LogP contribution in [-0.4, -0.2) is 29.5 Å². The van der Waals surface area contributed by atoms with Gasteiger partial charge in [-0.05, 0) is 42.7 Å². The number of hydrogen-bond acceptors (Lipinski definition) is 4. The topological polar surface area (TPSA) is 55.6 Å². The zero-order valence-corrected chi connectivity index (χ0v) is 13.4. The van der Waals surface area contributed by atoms with Gasteiger partial charge >= 0.3 is 5.69 Å². The van der Waals surface area contributed by atoms with E-state index >= 15 is 0 Å². The Balaban J connectivity index is 1.63. The maximum atomic E-state index is 13.5. The minimum absolute atomic E-state index is 0.0309. The van der Waals surface area contributed by atoms with E-state index in [2.05, 4.69) is 4.90 Å². The van der Waals surface area contributed by atoms with Gasteiger partial charge in [0.2, 0.25) is 0 Å². The molecule has 2 aromatic carbocycles. The average molecular weight is 330 g/mol. The van der Waals surface area contributed by atoms with Gasteiger partial charge in [0.05, 0.1) is 4.92 Å². The van der Waals surface area contributed by atoms with Crippen molar-refractivity contribution in [1.82, 2.24) is 4.90 Å². The molecule has 0 spiro atoms. The summed E-state index contributed by atoms with van der Waals surface area (Å²) in [6.07, 6.45) is 0.867. The van der Waals surface area contributed by atoms with E-state index in [1.807, 2.05) is 13.0 Å². The van der Waals surface area contributed by atoms with Crippen molar-refractivity contribution in [3.63, 3.8) is 0 Å². The number of nitrogens with zero attached hydrogens (tertiary/aromatic N) is 2. The van der Waals surface area contributed by atoms with Gasteiger partial charge < -0.3 is 4.74 Å². The van der Waals surface area contributed by atoms with Crippen LogP contribution in [0.5, 0.6) is 5.75 Å². The number of rotatable bonds is 5. The Morgan fingerprint density at radius 1 is 1.33 bits per heavy atom. The Morgan fingerprint density at radius 3 is 2.92 bits per heavy atom. The first-order chi connectivity index (χ1) is 11.6. The van der Waals surface area contributed by atoms with Crippen LogP contribution in [-0.2, 0) is 6.42 Å². The standard InChI is InChI=1S/C18H19FN2O3/c1-13-16-12-15(19)7-6-14(16)8-9-20(13)10-11-24-18-5-3-2-4-17(18)21(22)23/h2-7,12-13H,8-11H2,1H3. The summed E-state index contributed by atoms with van der Waals surface area (Å²) < 4.78 is 19.1. The van der Waals surface area contributed by atoms with E-state index in [-0.39, 0.29) is 23.3 Å². The summed E-state index contributed by atoms with van der Waals surface area (Å²) in [5, 5.41) is 11.0. The molecule has 126 valence electrons. The third kappa shape index (κ3) is 3.38. The van der Waals surface area contributed by atoms with Gasteiger partial charge in [0.15, 0.2) is 5.75 Å². The van der Waals surface area contributed by atoms with Gasteiger partial charge in [0.1, 0.15) is 12.4 Å². The molecule has 0 N–H and O–H groups in total. The van der Waals surface area contributed by atoms with Crippen molar-refractivity contribution >= 4 is 5.69 Å². The summed E-state index contributed by atoms with van der Waals surface area (Å²) >= 11 is 0. The lowest BCUT2D eigenvalue weighted by molar-refractivity contribution is -0.385. The van der Waals surface area contributed by atoms with E-state index in [0.717, 1.165) is 18.5 Å². The Bertz CT molecular complexity index is 751. The summed E-state index contributed by atoms with van der Waals surface area (Å²) in [5.74, 6) is 0.0530. The van der Waals surface area contributed by atoms with Crippen LogP contribution < -0.4 is 4.74 Å². The third-order valence-corrected chi connectivity index (χ3v) is 4.47. The first-order valence-electron chi connectivity index (χ1n) is 7.95. The Labute approximate surface area is 139 Å². The maximum Gasteiger partial charge on any atom is 0.310 e.